The highest BCUT2D eigenvalue weighted by atomic mass is 32.2. The van der Waals surface area contributed by atoms with Gasteiger partial charge in [-0.15, -0.1) is 0 Å². The summed E-state index contributed by atoms with van der Waals surface area (Å²) in [5, 5.41) is 3.28. The Bertz CT molecular complexity index is 520. The third-order valence-electron chi connectivity index (χ3n) is 3.32. The molecule has 100 valence electrons. The number of sulfonamides is 1. The lowest BCUT2D eigenvalue weighted by Gasteiger charge is -2.13. The van der Waals surface area contributed by atoms with Crippen molar-refractivity contribution in [2.45, 2.75) is 37.6 Å². The second-order valence-electron chi connectivity index (χ2n) is 4.91. The summed E-state index contributed by atoms with van der Waals surface area (Å²) < 4.78 is 27.1. The van der Waals surface area contributed by atoms with Gasteiger partial charge >= 0.3 is 0 Å². The van der Waals surface area contributed by atoms with Crippen LogP contribution in [-0.2, 0) is 10.0 Å². The molecule has 0 bridgehead atoms. The predicted molar refractivity (Wildman–Crippen MR) is 72.1 cm³/mol. The fourth-order valence-electron chi connectivity index (χ4n) is 2.22. The quantitative estimate of drug-likeness (QED) is 0.866. The highest BCUT2D eigenvalue weighted by molar-refractivity contribution is 7.89. The summed E-state index contributed by atoms with van der Waals surface area (Å²) in [6.45, 7) is 5.17. The first-order valence-electron chi connectivity index (χ1n) is 6.29. The van der Waals surface area contributed by atoms with Gasteiger partial charge in [-0.1, -0.05) is 12.1 Å². The van der Waals surface area contributed by atoms with E-state index in [1.807, 2.05) is 26.0 Å². The maximum atomic E-state index is 12.2. The molecule has 1 fully saturated rings. The molecule has 1 saturated heterocycles. The molecule has 0 saturated carbocycles. The summed E-state index contributed by atoms with van der Waals surface area (Å²) in [4.78, 5) is 0.389. The zero-order valence-corrected chi connectivity index (χ0v) is 11.7. The number of hydrogen-bond acceptors (Lipinski definition) is 3. The van der Waals surface area contributed by atoms with Gasteiger partial charge in [0.25, 0.3) is 0 Å². The van der Waals surface area contributed by atoms with E-state index in [0.29, 0.717) is 11.4 Å². The third-order valence-corrected chi connectivity index (χ3v) is 4.88. The highest BCUT2D eigenvalue weighted by Gasteiger charge is 2.20. The summed E-state index contributed by atoms with van der Waals surface area (Å²) in [6, 6.07) is 5.76. The minimum Gasteiger partial charge on any atom is -0.313 e. The molecular formula is C13H20N2O2S. The fourth-order valence-corrected chi connectivity index (χ4v) is 3.62. The number of rotatable bonds is 4. The monoisotopic (exact) mass is 268 g/mol. The van der Waals surface area contributed by atoms with Crippen LogP contribution in [0, 0.1) is 13.8 Å². The molecule has 4 nitrogen and oxygen atoms in total. The maximum Gasteiger partial charge on any atom is 0.240 e. The highest BCUT2D eigenvalue weighted by Crippen LogP contribution is 2.16. The average Bonchev–Trinajstić information content (AvgIpc) is 2.83. The van der Waals surface area contributed by atoms with Crippen molar-refractivity contribution >= 4 is 10.0 Å². The van der Waals surface area contributed by atoms with Gasteiger partial charge in [0, 0.05) is 12.6 Å². The third kappa shape index (κ3) is 3.10. The normalized spacial score (nSPS) is 20.2. The molecule has 1 aromatic carbocycles. The molecule has 1 aliphatic heterocycles. The molecule has 5 heteroatoms. The minimum absolute atomic E-state index is 0.268. The van der Waals surface area contributed by atoms with Crippen molar-refractivity contribution in [1.82, 2.24) is 10.0 Å². The predicted octanol–water partition coefficient (Wildman–Crippen LogP) is 1.33. The maximum absolute atomic E-state index is 12.2. The van der Waals surface area contributed by atoms with Crippen LogP contribution in [0.3, 0.4) is 0 Å². The van der Waals surface area contributed by atoms with E-state index < -0.39 is 10.0 Å². The smallest absolute Gasteiger partial charge is 0.240 e. The number of aryl methyl sites for hydroxylation is 2. The van der Waals surface area contributed by atoms with Gasteiger partial charge in [-0.25, -0.2) is 13.1 Å². The van der Waals surface area contributed by atoms with Gasteiger partial charge in [0.15, 0.2) is 0 Å². The Kier molecular flexibility index (Phi) is 4.04. The first kappa shape index (κ1) is 13.5. The van der Waals surface area contributed by atoms with Crippen molar-refractivity contribution in [3.63, 3.8) is 0 Å². The van der Waals surface area contributed by atoms with Crippen LogP contribution in [0.1, 0.15) is 24.0 Å². The van der Waals surface area contributed by atoms with Crippen molar-refractivity contribution < 1.29 is 8.42 Å². The van der Waals surface area contributed by atoms with E-state index in [9.17, 15) is 8.42 Å². The van der Waals surface area contributed by atoms with Crippen LogP contribution >= 0.6 is 0 Å². The fraction of sp³-hybridized carbons (Fsp3) is 0.538. The molecule has 0 aliphatic carbocycles. The van der Waals surface area contributed by atoms with Crippen LogP contribution in [0.25, 0.3) is 0 Å². The van der Waals surface area contributed by atoms with Crippen molar-refractivity contribution in [1.29, 1.82) is 0 Å². The van der Waals surface area contributed by atoms with Crippen LogP contribution < -0.4 is 10.0 Å². The number of hydrogen-bond donors (Lipinski definition) is 2. The summed E-state index contributed by atoms with van der Waals surface area (Å²) in [5.74, 6) is 0. The Labute approximate surface area is 109 Å². The molecule has 18 heavy (non-hydrogen) atoms. The Balaban J connectivity index is 2.12. The van der Waals surface area contributed by atoms with Crippen LogP contribution in [-0.4, -0.2) is 27.5 Å². The molecular weight excluding hydrogens is 248 g/mol. The van der Waals surface area contributed by atoms with E-state index in [2.05, 4.69) is 10.0 Å². The first-order valence-corrected chi connectivity index (χ1v) is 7.78. The van der Waals surface area contributed by atoms with Crippen molar-refractivity contribution in [2.24, 2.45) is 0 Å². The molecule has 0 unspecified atom stereocenters. The molecule has 2 N–H and O–H groups in total. The molecule has 0 amide bonds. The van der Waals surface area contributed by atoms with Gasteiger partial charge in [0.05, 0.1) is 4.90 Å². The topological polar surface area (TPSA) is 58.2 Å². The molecule has 1 aromatic rings. The van der Waals surface area contributed by atoms with Gasteiger partial charge < -0.3 is 5.32 Å². The van der Waals surface area contributed by atoms with Gasteiger partial charge in [-0.2, -0.15) is 0 Å². The summed E-state index contributed by atoms with van der Waals surface area (Å²) in [6.07, 6.45) is 2.16. The van der Waals surface area contributed by atoms with Gasteiger partial charge in [0.2, 0.25) is 10.0 Å². The van der Waals surface area contributed by atoms with Crippen LogP contribution in [0.15, 0.2) is 23.1 Å². The Morgan fingerprint density at radius 2 is 2.17 bits per heavy atom. The lowest BCUT2D eigenvalue weighted by atomic mass is 10.2. The van der Waals surface area contributed by atoms with E-state index in [4.69, 9.17) is 0 Å². The second kappa shape index (κ2) is 5.38. The molecule has 1 heterocycles. The van der Waals surface area contributed by atoms with Crippen LogP contribution in [0.5, 0.6) is 0 Å². The summed E-state index contributed by atoms with van der Waals surface area (Å²) in [7, 11) is -3.39. The standard InChI is InChI=1S/C13H20N2O2S/c1-10-5-6-11(2)13(8-10)18(16,17)15-9-12-4-3-7-14-12/h5-6,8,12,14-15H,3-4,7,9H2,1-2H3/t12-/m1/s1. The molecule has 0 spiro atoms. The minimum atomic E-state index is -3.39. The number of nitrogens with one attached hydrogen (secondary N) is 2. The van der Waals surface area contributed by atoms with E-state index in [1.165, 1.54) is 0 Å². The lowest BCUT2D eigenvalue weighted by Crippen LogP contribution is -2.37. The molecule has 1 aliphatic rings. The van der Waals surface area contributed by atoms with E-state index >= 15 is 0 Å². The van der Waals surface area contributed by atoms with Gasteiger partial charge in [-0.3, -0.25) is 0 Å². The van der Waals surface area contributed by atoms with Crippen molar-refractivity contribution in [2.75, 3.05) is 13.1 Å². The summed E-state index contributed by atoms with van der Waals surface area (Å²) >= 11 is 0. The van der Waals surface area contributed by atoms with Crippen molar-refractivity contribution in [3.05, 3.63) is 29.3 Å². The molecule has 1 atom stereocenters. The van der Waals surface area contributed by atoms with Gasteiger partial charge in [-0.05, 0) is 50.4 Å². The Hall–Kier alpha value is -0.910. The molecule has 0 radical (unpaired) electrons. The van der Waals surface area contributed by atoms with E-state index in [1.54, 1.807) is 6.07 Å². The van der Waals surface area contributed by atoms with Crippen molar-refractivity contribution in [3.8, 4) is 0 Å². The molecule has 2 rings (SSSR count). The lowest BCUT2D eigenvalue weighted by molar-refractivity contribution is 0.551. The van der Waals surface area contributed by atoms with E-state index in [-0.39, 0.29) is 6.04 Å². The SMILES string of the molecule is Cc1ccc(C)c(S(=O)(=O)NC[C@H]2CCCN2)c1. The summed E-state index contributed by atoms with van der Waals surface area (Å²) in [5.41, 5.74) is 1.74. The zero-order valence-electron chi connectivity index (χ0n) is 10.9. The van der Waals surface area contributed by atoms with E-state index in [0.717, 1.165) is 30.5 Å². The second-order valence-corrected chi connectivity index (χ2v) is 6.65. The molecule has 0 aromatic heterocycles. The van der Waals surface area contributed by atoms with Crippen LogP contribution in [0.2, 0.25) is 0 Å². The van der Waals surface area contributed by atoms with Crippen LogP contribution in [0.4, 0.5) is 0 Å². The number of benzene rings is 1. The first-order chi connectivity index (χ1) is 8.49. The van der Waals surface area contributed by atoms with Gasteiger partial charge in [0.1, 0.15) is 0 Å². The largest absolute Gasteiger partial charge is 0.313 e. The average molecular weight is 268 g/mol. The zero-order chi connectivity index (χ0) is 13.2. The Morgan fingerprint density at radius 1 is 1.39 bits per heavy atom. The Morgan fingerprint density at radius 3 is 2.83 bits per heavy atom.